The van der Waals surface area contributed by atoms with Crippen molar-refractivity contribution < 1.29 is 22.7 Å². The molecule has 2 N–H and O–H groups in total. The predicted octanol–water partition coefficient (Wildman–Crippen LogP) is 4.57. The lowest BCUT2D eigenvalue weighted by atomic mass is 10.1. The Bertz CT molecular complexity index is 1200. The van der Waals surface area contributed by atoms with Gasteiger partial charge < -0.3 is 15.4 Å². The van der Waals surface area contributed by atoms with Crippen LogP contribution in [0.4, 0.5) is 30.4 Å². The van der Waals surface area contributed by atoms with E-state index in [0.29, 0.717) is 23.4 Å². The SMILES string of the molecule is CCc1cc(N=S(C)C)cc2ncnc(Nc3ccc(F)cc3OCC(=O)NC(CF)CF)c12. The van der Waals surface area contributed by atoms with Gasteiger partial charge in [0.2, 0.25) is 0 Å². The minimum atomic E-state index is -1.24. The molecule has 7 nitrogen and oxygen atoms in total. The van der Waals surface area contributed by atoms with Gasteiger partial charge in [0, 0.05) is 11.5 Å². The first-order chi connectivity index (χ1) is 16.3. The van der Waals surface area contributed by atoms with Crippen molar-refractivity contribution in [3.05, 3.63) is 48.0 Å². The highest BCUT2D eigenvalue weighted by atomic mass is 32.2. The quantitative estimate of drug-likeness (QED) is 0.432. The van der Waals surface area contributed by atoms with Gasteiger partial charge in [-0.15, -0.1) is 10.7 Å². The van der Waals surface area contributed by atoms with Crippen molar-refractivity contribution in [2.24, 2.45) is 4.36 Å². The number of carbonyl (C=O) groups excluding carboxylic acids is 1. The Morgan fingerprint density at radius 2 is 1.94 bits per heavy atom. The third-order valence-corrected chi connectivity index (χ3v) is 5.34. The number of hydrogen-bond donors (Lipinski definition) is 2. The van der Waals surface area contributed by atoms with Crippen LogP contribution < -0.4 is 15.4 Å². The third kappa shape index (κ3) is 6.43. The van der Waals surface area contributed by atoms with Crippen molar-refractivity contribution in [2.75, 3.05) is 37.8 Å². The molecule has 0 bridgehead atoms. The molecule has 0 aliphatic carbocycles. The number of anilines is 2. The van der Waals surface area contributed by atoms with Gasteiger partial charge in [0.25, 0.3) is 5.91 Å². The molecule has 0 saturated carbocycles. The van der Waals surface area contributed by atoms with E-state index in [2.05, 4.69) is 25.0 Å². The fraction of sp³-hybridized carbons (Fsp3) is 0.348. The molecule has 0 saturated heterocycles. The number of ether oxygens (including phenoxy) is 1. The number of hydrogen-bond acceptors (Lipinski definition) is 6. The Morgan fingerprint density at radius 1 is 1.18 bits per heavy atom. The number of amides is 1. The van der Waals surface area contributed by atoms with Crippen LogP contribution in [0.15, 0.2) is 41.0 Å². The van der Waals surface area contributed by atoms with Gasteiger partial charge >= 0.3 is 0 Å². The zero-order valence-electron chi connectivity index (χ0n) is 19.1. The summed E-state index contributed by atoms with van der Waals surface area (Å²) in [7, 11) is -0.134. The maximum Gasteiger partial charge on any atom is 0.258 e. The molecule has 3 rings (SSSR count). The van der Waals surface area contributed by atoms with E-state index >= 15 is 0 Å². The number of nitrogens with one attached hydrogen (secondary N) is 2. The fourth-order valence-corrected chi connectivity index (χ4v) is 3.80. The number of carbonyl (C=O) groups is 1. The van der Waals surface area contributed by atoms with Gasteiger partial charge in [-0.2, -0.15) is 0 Å². The predicted molar refractivity (Wildman–Crippen MR) is 129 cm³/mol. The monoisotopic (exact) mass is 493 g/mol. The Morgan fingerprint density at radius 3 is 2.62 bits per heavy atom. The van der Waals surface area contributed by atoms with Crippen molar-refractivity contribution >= 4 is 44.7 Å². The Balaban J connectivity index is 1.91. The van der Waals surface area contributed by atoms with Crippen LogP contribution in [0, 0.1) is 5.82 Å². The zero-order chi connectivity index (χ0) is 24.7. The smallest absolute Gasteiger partial charge is 0.258 e. The van der Waals surface area contributed by atoms with Crippen molar-refractivity contribution in [3.63, 3.8) is 0 Å². The molecule has 0 radical (unpaired) electrons. The first-order valence-electron chi connectivity index (χ1n) is 10.5. The molecule has 1 amide bonds. The summed E-state index contributed by atoms with van der Waals surface area (Å²) in [5.41, 5.74) is 2.88. The summed E-state index contributed by atoms with van der Waals surface area (Å²) in [6, 6.07) is 6.44. The highest BCUT2D eigenvalue weighted by molar-refractivity contribution is 7.85. The molecular weight excluding hydrogens is 467 g/mol. The molecule has 1 aromatic heterocycles. The Labute approximate surface area is 198 Å². The second kappa shape index (κ2) is 11.8. The van der Waals surface area contributed by atoms with Crippen LogP contribution in [0.3, 0.4) is 0 Å². The number of nitrogens with zero attached hydrogens (tertiary/aromatic N) is 3. The lowest BCUT2D eigenvalue weighted by Crippen LogP contribution is -2.40. The van der Waals surface area contributed by atoms with Crippen LogP contribution in [0.2, 0.25) is 0 Å². The minimum Gasteiger partial charge on any atom is -0.481 e. The number of fused-ring (bicyclic) bond motifs is 1. The molecule has 0 fully saturated rings. The Kier molecular flexibility index (Phi) is 8.80. The van der Waals surface area contributed by atoms with Gasteiger partial charge in [0.1, 0.15) is 37.1 Å². The Hall–Kier alpha value is -3.21. The number of aryl methyl sites for hydroxylation is 1. The van der Waals surface area contributed by atoms with Crippen LogP contribution in [-0.2, 0) is 21.9 Å². The summed E-state index contributed by atoms with van der Waals surface area (Å²) in [6.45, 7) is -0.606. The normalized spacial score (nSPS) is 11.2. The summed E-state index contributed by atoms with van der Waals surface area (Å²) in [5, 5.41) is 6.10. The number of alkyl halides is 2. The van der Waals surface area contributed by atoms with Crippen molar-refractivity contribution in [2.45, 2.75) is 19.4 Å². The number of benzene rings is 2. The van der Waals surface area contributed by atoms with E-state index in [-0.39, 0.29) is 16.4 Å². The van der Waals surface area contributed by atoms with E-state index in [1.165, 1.54) is 18.5 Å². The lowest BCUT2D eigenvalue weighted by Gasteiger charge is -2.16. The van der Waals surface area contributed by atoms with Gasteiger partial charge in [0.05, 0.1) is 22.9 Å². The molecular formula is C23H26F3N5O2S. The standard InChI is InChI=1S/C23H26F3N5O2S/c1-4-14-7-16(31-34(2)3)9-19-22(14)23(28-13-27-19)30-18-6-5-15(26)8-20(18)33-12-21(32)29-17(10-24)11-25/h5-9,13,17H,4,10-12H2,1-3H3,(H,29,32)(H,27,28,30). The van der Waals surface area contributed by atoms with Gasteiger partial charge in [-0.25, -0.2) is 27.5 Å². The largest absolute Gasteiger partial charge is 0.481 e. The maximum absolute atomic E-state index is 13.9. The van der Waals surface area contributed by atoms with E-state index in [0.717, 1.165) is 22.7 Å². The summed E-state index contributed by atoms with van der Waals surface area (Å²) >= 11 is 0. The molecule has 1 heterocycles. The summed E-state index contributed by atoms with van der Waals surface area (Å²) in [6.07, 6.45) is 6.17. The number of halogens is 3. The third-order valence-electron chi connectivity index (χ3n) is 4.77. The molecule has 0 spiro atoms. The van der Waals surface area contributed by atoms with Gasteiger partial charge in [-0.05, 0) is 48.8 Å². The average Bonchev–Trinajstić information content (AvgIpc) is 2.81. The molecule has 11 heteroatoms. The molecule has 0 aliphatic rings. The molecule has 34 heavy (non-hydrogen) atoms. The van der Waals surface area contributed by atoms with Crippen LogP contribution >= 0.6 is 0 Å². The lowest BCUT2D eigenvalue weighted by molar-refractivity contribution is -0.124. The first-order valence-corrected chi connectivity index (χ1v) is 12.5. The van der Waals surface area contributed by atoms with E-state index in [1.54, 1.807) is 0 Å². The number of aromatic nitrogens is 2. The second-order valence-corrected chi connectivity index (χ2v) is 9.30. The van der Waals surface area contributed by atoms with Gasteiger partial charge in [-0.1, -0.05) is 6.92 Å². The van der Waals surface area contributed by atoms with E-state index in [4.69, 9.17) is 4.74 Å². The van der Waals surface area contributed by atoms with Gasteiger partial charge in [-0.3, -0.25) is 4.79 Å². The van der Waals surface area contributed by atoms with E-state index in [1.807, 2.05) is 31.6 Å². The van der Waals surface area contributed by atoms with E-state index in [9.17, 15) is 18.0 Å². The summed E-state index contributed by atoms with van der Waals surface area (Å²) in [4.78, 5) is 20.7. The van der Waals surface area contributed by atoms with Crippen molar-refractivity contribution in [3.8, 4) is 5.75 Å². The summed E-state index contributed by atoms with van der Waals surface area (Å²) in [5.74, 6) is -0.770. The van der Waals surface area contributed by atoms with E-state index < -0.39 is 37.7 Å². The number of rotatable bonds is 10. The molecule has 0 aliphatic heterocycles. The fourth-order valence-electron chi connectivity index (χ4n) is 3.27. The topological polar surface area (TPSA) is 88.5 Å². The van der Waals surface area contributed by atoms with Crippen LogP contribution in [0.5, 0.6) is 5.75 Å². The molecule has 3 aromatic rings. The highest BCUT2D eigenvalue weighted by Gasteiger charge is 2.16. The van der Waals surface area contributed by atoms with Crippen LogP contribution in [0.1, 0.15) is 12.5 Å². The molecule has 182 valence electrons. The van der Waals surface area contributed by atoms with Crippen molar-refractivity contribution in [1.29, 1.82) is 0 Å². The maximum atomic E-state index is 13.9. The van der Waals surface area contributed by atoms with Crippen molar-refractivity contribution in [1.82, 2.24) is 15.3 Å². The van der Waals surface area contributed by atoms with Gasteiger partial charge in [0.15, 0.2) is 6.61 Å². The molecule has 2 aromatic carbocycles. The highest BCUT2D eigenvalue weighted by Crippen LogP contribution is 2.34. The molecule has 0 atom stereocenters. The molecule has 0 unspecified atom stereocenters. The zero-order valence-corrected chi connectivity index (χ0v) is 19.9. The van der Waals surface area contributed by atoms with Crippen LogP contribution in [0.25, 0.3) is 10.9 Å². The minimum absolute atomic E-state index is 0.0460. The first kappa shape index (κ1) is 25.4. The van der Waals surface area contributed by atoms with Crippen LogP contribution in [-0.4, -0.2) is 54.4 Å². The summed E-state index contributed by atoms with van der Waals surface area (Å²) < 4.78 is 49.3. The second-order valence-electron chi connectivity index (χ2n) is 7.57. The average molecular weight is 494 g/mol.